The van der Waals surface area contributed by atoms with Crippen molar-refractivity contribution in [2.24, 2.45) is 5.92 Å². The monoisotopic (exact) mass is 420 g/mol. The van der Waals surface area contributed by atoms with E-state index in [0.29, 0.717) is 11.6 Å². The second-order valence-corrected chi connectivity index (χ2v) is 9.61. The number of fused-ring (bicyclic) bond motifs is 1. The van der Waals surface area contributed by atoms with Gasteiger partial charge in [-0.3, -0.25) is 4.79 Å². The number of anilines is 1. The van der Waals surface area contributed by atoms with Crippen molar-refractivity contribution in [3.63, 3.8) is 0 Å². The van der Waals surface area contributed by atoms with E-state index in [1.807, 2.05) is 26.0 Å². The highest BCUT2D eigenvalue weighted by Gasteiger charge is 2.26. The summed E-state index contributed by atoms with van der Waals surface area (Å²) in [6.45, 7) is 6.14. The molecule has 0 aliphatic carbocycles. The quantitative estimate of drug-likeness (QED) is 0.783. The lowest BCUT2D eigenvalue weighted by molar-refractivity contribution is -0.116. The number of carbonyl (C=O) groups excluding carboxylic acids is 1. The summed E-state index contributed by atoms with van der Waals surface area (Å²) in [5, 5.41) is 0.610. The molecule has 1 N–H and O–H groups in total. The number of sulfonamides is 1. The van der Waals surface area contributed by atoms with Crippen LogP contribution in [0.15, 0.2) is 47.4 Å². The molecule has 0 saturated heterocycles. The number of aryl methyl sites for hydroxylation is 1. The van der Waals surface area contributed by atoms with Gasteiger partial charge in [-0.05, 0) is 60.2 Å². The van der Waals surface area contributed by atoms with Gasteiger partial charge in [0.05, 0.1) is 4.90 Å². The number of rotatable bonds is 5. The maximum absolute atomic E-state index is 13.1. The molecule has 0 spiro atoms. The van der Waals surface area contributed by atoms with Gasteiger partial charge >= 0.3 is 0 Å². The van der Waals surface area contributed by atoms with E-state index in [9.17, 15) is 13.2 Å². The molecular formula is C21H25ClN2O3S. The Morgan fingerprint density at radius 1 is 1.14 bits per heavy atom. The van der Waals surface area contributed by atoms with E-state index in [1.54, 1.807) is 35.2 Å². The normalized spacial score (nSPS) is 15.4. The summed E-state index contributed by atoms with van der Waals surface area (Å²) in [4.78, 5) is 13.8. The Hall–Kier alpha value is -1.89. The lowest BCUT2D eigenvalue weighted by Gasteiger charge is -2.29. The first-order valence-electron chi connectivity index (χ1n) is 9.38. The van der Waals surface area contributed by atoms with E-state index in [4.69, 9.17) is 11.6 Å². The molecule has 1 unspecified atom stereocenters. The highest BCUT2D eigenvalue weighted by molar-refractivity contribution is 7.89. The summed E-state index contributed by atoms with van der Waals surface area (Å²) in [6, 6.07) is 11.8. The van der Waals surface area contributed by atoms with Crippen molar-refractivity contribution >= 4 is 33.2 Å². The van der Waals surface area contributed by atoms with E-state index >= 15 is 0 Å². The molecule has 7 heteroatoms. The molecule has 2 aromatic carbocycles. The first-order valence-corrected chi connectivity index (χ1v) is 11.2. The van der Waals surface area contributed by atoms with Crippen LogP contribution in [0, 0.1) is 5.92 Å². The first kappa shape index (κ1) is 20.8. The fourth-order valence-electron chi connectivity index (χ4n) is 3.56. The summed E-state index contributed by atoms with van der Waals surface area (Å²) in [6.07, 6.45) is 1.58. The van der Waals surface area contributed by atoms with Gasteiger partial charge in [-0.15, -0.1) is 0 Å². The van der Waals surface area contributed by atoms with Crippen LogP contribution in [-0.2, 0) is 21.2 Å². The molecule has 1 heterocycles. The minimum Gasteiger partial charge on any atom is -0.312 e. The zero-order valence-corrected chi connectivity index (χ0v) is 17.8. The molecule has 1 aliphatic heterocycles. The molecule has 0 bridgehead atoms. The SMILES string of the molecule is CC(=O)N1CCCc2cc(S(=O)(=O)NC(c3ccc(Cl)cc3)C(C)C)ccc21. The number of carbonyl (C=O) groups is 1. The van der Waals surface area contributed by atoms with Crippen LogP contribution in [0.4, 0.5) is 5.69 Å². The van der Waals surface area contributed by atoms with Crippen LogP contribution in [0.25, 0.3) is 0 Å². The standard InChI is InChI=1S/C21H25ClN2O3S/c1-14(2)21(16-6-8-18(22)9-7-16)23-28(26,27)19-10-11-20-17(13-19)5-4-12-24(20)15(3)25/h6-11,13-14,21,23H,4-5,12H2,1-3H3. The van der Waals surface area contributed by atoms with Crippen LogP contribution in [-0.4, -0.2) is 20.9 Å². The topological polar surface area (TPSA) is 66.5 Å². The van der Waals surface area contributed by atoms with Crippen LogP contribution in [0.1, 0.15) is 44.4 Å². The Bertz CT molecular complexity index is 972. The Morgan fingerprint density at radius 2 is 1.82 bits per heavy atom. The summed E-state index contributed by atoms with van der Waals surface area (Å²) < 4.78 is 29.0. The minimum absolute atomic E-state index is 0.0303. The predicted octanol–water partition coefficient (Wildman–Crippen LogP) is 4.31. The van der Waals surface area contributed by atoms with Crippen LogP contribution in [0.3, 0.4) is 0 Å². The van der Waals surface area contributed by atoms with Crippen LogP contribution in [0.5, 0.6) is 0 Å². The zero-order valence-electron chi connectivity index (χ0n) is 16.3. The van der Waals surface area contributed by atoms with Crippen LogP contribution < -0.4 is 9.62 Å². The maximum atomic E-state index is 13.1. The van der Waals surface area contributed by atoms with Gasteiger partial charge in [-0.2, -0.15) is 0 Å². The molecule has 1 amide bonds. The lowest BCUT2D eigenvalue weighted by Crippen LogP contribution is -2.34. The van der Waals surface area contributed by atoms with Crippen molar-refractivity contribution < 1.29 is 13.2 Å². The van der Waals surface area contributed by atoms with E-state index in [1.165, 1.54) is 6.92 Å². The molecular weight excluding hydrogens is 396 g/mol. The zero-order chi connectivity index (χ0) is 20.5. The molecule has 0 saturated carbocycles. The van der Waals surface area contributed by atoms with Gasteiger partial charge in [0.15, 0.2) is 0 Å². The average molecular weight is 421 g/mol. The number of amides is 1. The third kappa shape index (κ3) is 4.40. The molecule has 3 rings (SSSR count). The maximum Gasteiger partial charge on any atom is 0.241 e. The molecule has 0 radical (unpaired) electrons. The molecule has 0 fully saturated rings. The lowest BCUT2D eigenvalue weighted by atomic mass is 9.97. The first-order chi connectivity index (χ1) is 13.2. The van der Waals surface area contributed by atoms with Crippen LogP contribution >= 0.6 is 11.6 Å². The largest absolute Gasteiger partial charge is 0.312 e. The number of benzene rings is 2. The summed E-state index contributed by atoms with van der Waals surface area (Å²) in [7, 11) is -3.72. The number of hydrogen-bond donors (Lipinski definition) is 1. The van der Waals surface area contributed by atoms with Crippen molar-refractivity contribution in [2.45, 2.75) is 44.6 Å². The van der Waals surface area contributed by atoms with Gasteiger partial charge in [0.2, 0.25) is 15.9 Å². The van der Waals surface area contributed by atoms with E-state index in [0.717, 1.165) is 29.7 Å². The van der Waals surface area contributed by atoms with Gasteiger partial charge in [0.25, 0.3) is 0 Å². The van der Waals surface area contributed by atoms with Crippen LogP contribution in [0.2, 0.25) is 5.02 Å². The smallest absolute Gasteiger partial charge is 0.241 e. The molecule has 1 atom stereocenters. The fourth-order valence-corrected chi connectivity index (χ4v) is 5.11. The number of halogens is 1. The summed E-state index contributed by atoms with van der Waals surface area (Å²) in [5.74, 6) is 0.0269. The number of nitrogens with zero attached hydrogens (tertiary/aromatic N) is 1. The molecule has 28 heavy (non-hydrogen) atoms. The van der Waals surface area contributed by atoms with Gasteiger partial charge in [-0.25, -0.2) is 13.1 Å². The average Bonchev–Trinajstić information content (AvgIpc) is 2.65. The molecule has 0 aromatic heterocycles. The van der Waals surface area contributed by atoms with Gasteiger partial charge in [0, 0.05) is 30.2 Å². The van der Waals surface area contributed by atoms with Gasteiger partial charge in [-0.1, -0.05) is 37.6 Å². The third-order valence-corrected chi connectivity index (χ3v) is 6.73. The van der Waals surface area contributed by atoms with E-state index in [2.05, 4.69) is 4.72 Å². The Labute approximate surface area is 171 Å². The van der Waals surface area contributed by atoms with E-state index < -0.39 is 10.0 Å². The molecule has 150 valence electrons. The summed E-state index contributed by atoms with van der Waals surface area (Å²) in [5.41, 5.74) is 2.55. The van der Waals surface area contributed by atoms with E-state index in [-0.39, 0.29) is 22.8 Å². The van der Waals surface area contributed by atoms with Gasteiger partial charge < -0.3 is 4.90 Å². The molecule has 5 nitrogen and oxygen atoms in total. The number of nitrogens with one attached hydrogen (secondary N) is 1. The highest BCUT2D eigenvalue weighted by Crippen LogP contribution is 2.31. The second kappa shape index (κ2) is 8.23. The predicted molar refractivity (Wildman–Crippen MR) is 112 cm³/mol. The third-order valence-electron chi connectivity index (χ3n) is 5.04. The van der Waals surface area contributed by atoms with Crippen molar-refractivity contribution in [1.29, 1.82) is 0 Å². The Kier molecular flexibility index (Phi) is 6.12. The fraction of sp³-hybridized carbons (Fsp3) is 0.381. The van der Waals surface area contributed by atoms with Crippen molar-refractivity contribution in [3.8, 4) is 0 Å². The highest BCUT2D eigenvalue weighted by atomic mass is 35.5. The van der Waals surface area contributed by atoms with Crippen molar-refractivity contribution in [2.75, 3.05) is 11.4 Å². The Morgan fingerprint density at radius 3 is 2.43 bits per heavy atom. The minimum atomic E-state index is -3.72. The van der Waals surface area contributed by atoms with Crippen molar-refractivity contribution in [3.05, 3.63) is 58.6 Å². The molecule has 2 aromatic rings. The Balaban J connectivity index is 1.91. The molecule has 1 aliphatic rings. The van der Waals surface area contributed by atoms with Gasteiger partial charge in [0.1, 0.15) is 0 Å². The van der Waals surface area contributed by atoms with Crippen molar-refractivity contribution in [1.82, 2.24) is 4.72 Å². The second-order valence-electron chi connectivity index (χ2n) is 7.46. The number of hydrogen-bond acceptors (Lipinski definition) is 3. The summed E-state index contributed by atoms with van der Waals surface area (Å²) >= 11 is 5.96.